The van der Waals surface area contributed by atoms with Gasteiger partial charge in [0.2, 0.25) is 11.8 Å². The van der Waals surface area contributed by atoms with Gasteiger partial charge in [-0.3, -0.25) is 24.6 Å². The van der Waals surface area contributed by atoms with E-state index >= 15 is 0 Å². The Morgan fingerprint density at radius 3 is 2.11 bits per heavy atom. The molecule has 332 valence electrons. The number of hydrogen-bond acceptors (Lipinski definition) is 11. The summed E-state index contributed by atoms with van der Waals surface area (Å²) in [4.78, 5) is 58.3. The van der Waals surface area contributed by atoms with Gasteiger partial charge >= 0.3 is 0 Å². The number of allylic oxidation sites excluding steroid dienone is 1. The lowest BCUT2D eigenvalue weighted by Gasteiger charge is -2.32. The molecule has 0 aromatic heterocycles. The summed E-state index contributed by atoms with van der Waals surface area (Å²) >= 11 is 0. The monoisotopic (exact) mass is 855 g/mol. The van der Waals surface area contributed by atoms with E-state index in [2.05, 4.69) is 53.6 Å². The molecule has 4 aromatic rings. The lowest BCUT2D eigenvalue weighted by atomic mass is 9.88. The van der Waals surface area contributed by atoms with Crippen LogP contribution >= 0.6 is 0 Å². The van der Waals surface area contributed by atoms with Crippen molar-refractivity contribution in [2.45, 2.75) is 70.9 Å². The van der Waals surface area contributed by atoms with Crippen LogP contribution in [0.4, 0.5) is 0 Å². The van der Waals surface area contributed by atoms with Crippen molar-refractivity contribution in [2.24, 2.45) is 34.1 Å². The lowest BCUT2D eigenvalue weighted by molar-refractivity contribution is -0.142. The van der Waals surface area contributed by atoms with Crippen LogP contribution in [0.25, 0.3) is 22.3 Å². The van der Waals surface area contributed by atoms with Crippen molar-refractivity contribution in [1.82, 2.24) is 15.6 Å². The molecule has 13 nitrogen and oxygen atoms in total. The molecule has 0 saturated carbocycles. The second-order valence-electron chi connectivity index (χ2n) is 16.5. The van der Waals surface area contributed by atoms with Gasteiger partial charge in [0.25, 0.3) is 0 Å². The minimum absolute atomic E-state index is 0.130. The largest absolute Gasteiger partial charge is 0.492 e. The van der Waals surface area contributed by atoms with Gasteiger partial charge in [0.15, 0.2) is 11.6 Å². The van der Waals surface area contributed by atoms with Crippen molar-refractivity contribution in [3.05, 3.63) is 119 Å². The first-order valence-corrected chi connectivity index (χ1v) is 21.9. The fourth-order valence-electron chi connectivity index (χ4n) is 8.14. The minimum atomic E-state index is -1.16. The van der Waals surface area contributed by atoms with Crippen molar-refractivity contribution >= 4 is 29.1 Å². The van der Waals surface area contributed by atoms with Gasteiger partial charge in [0.05, 0.1) is 17.7 Å². The summed E-state index contributed by atoms with van der Waals surface area (Å²) in [5.41, 5.74) is 28.7. The molecule has 0 radical (unpaired) electrons. The predicted octanol–water partition coefficient (Wildman–Crippen LogP) is 5.88. The molecule has 13 heteroatoms. The third-order valence-electron chi connectivity index (χ3n) is 11.7. The van der Waals surface area contributed by atoms with Gasteiger partial charge in [0.1, 0.15) is 30.8 Å². The third-order valence-corrected chi connectivity index (χ3v) is 11.7. The molecule has 6 rings (SSSR count). The second kappa shape index (κ2) is 21.8. The van der Waals surface area contributed by atoms with Gasteiger partial charge in [-0.25, -0.2) is 0 Å². The van der Waals surface area contributed by atoms with Crippen LogP contribution in [-0.2, 0) is 27.2 Å². The van der Waals surface area contributed by atoms with E-state index in [0.717, 1.165) is 36.0 Å². The number of ketones is 2. The molecule has 4 bridgehead atoms. The molecule has 2 amide bonds. The van der Waals surface area contributed by atoms with Gasteiger partial charge in [-0.1, -0.05) is 87.5 Å². The number of nitrogens with one attached hydrogen (secondary N) is 2. The topological polar surface area (TPSA) is 204 Å². The Morgan fingerprint density at radius 2 is 1.51 bits per heavy atom. The number of benzene rings is 4. The zero-order valence-electron chi connectivity index (χ0n) is 36.7. The number of carbonyl (C=O) groups excluding carboxylic acids is 4. The van der Waals surface area contributed by atoms with E-state index in [1.807, 2.05) is 36.4 Å². The number of amides is 2. The summed E-state index contributed by atoms with van der Waals surface area (Å²) in [6.07, 6.45) is 3.80. The van der Waals surface area contributed by atoms with Gasteiger partial charge in [0, 0.05) is 74.2 Å². The first-order chi connectivity index (χ1) is 30.4. The van der Waals surface area contributed by atoms with Crippen LogP contribution in [0.2, 0.25) is 0 Å². The Hall–Kier alpha value is -6.15. The van der Waals surface area contributed by atoms with Crippen LogP contribution in [0.15, 0.2) is 102 Å². The molecule has 2 aliphatic rings. The molecule has 0 spiro atoms. The average molecular weight is 856 g/mol. The number of aryl methyl sites for hydroxylation is 1. The van der Waals surface area contributed by atoms with E-state index in [-0.39, 0.29) is 63.2 Å². The third kappa shape index (κ3) is 11.5. The highest BCUT2D eigenvalue weighted by molar-refractivity contribution is 6.01. The number of carbonyl (C=O) groups is 4. The van der Waals surface area contributed by atoms with E-state index in [1.165, 1.54) is 17.5 Å². The van der Waals surface area contributed by atoms with E-state index in [9.17, 15) is 19.2 Å². The highest BCUT2D eigenvalue weighted by Crippen LogP contribution is 2.41. The molecular formula is C50H61N7O6. The maximum atomic E-state index is 14.7. The number of rotatable bonds is 17. The molecule has 4 atom stereocenters. The fraction of sp³-hybridized carbons (Fsp3) is 0.380. The highest BCUT2D eigenvalue weighted by Gasteiger charge is 2.36. The van der Waals surface area contributed by atoms with E-state index in [1.54, 1.807) is 31.2 Å². The highest BCUT2D eigenvalue weighted by atomic mass is 16.5. The Morgan fingerprint density at radius 1 is 0.873 bits per heavy atom. The SMILES string of the molecule is C=C1CC([C@@H]2Cc3ccc(OCCN)c(c3)-c3cc(ccc3OCCN)[C@H](N(C)C(=O)[C@H](CN)CC(=O)c3ccc(-c4ccc(CCCC)cc4)cc3)C(=O)C[C@@H](C)C(=O)N2)=NN1. The Labute approximate surface area is 370 Å². The summed E-state index contributed by atoms with van der Waals surface area (Å²) in [5, 5.41) is 7.60. The van der Waals surface area contributed by atoms with Gasteiger partial charge in [-0.05, 0) is 71.3 Å². The van der Waals surface area contributed by atoms with Crippen molar-refractivity contribution in [3.8, 4) is 33.8 Å². The van der Waals surface area contributed by atoms with Crippen molar-refractivity contribution in [1.29, 1.82) is 0 Å². The lowest BCUT2D eigenvalue weighted by Crippen LogP contribution is -2.46. The molecule has 0 saturated heterocycles. The van der Waals surface area contributed by atoms with Crippen LogP contribution in [0.3, 0.4) is 0 Å². The molecule has 0 unspecified atom stereocenters. The molecule has 2 aliphatic heterocycles. The minimum Gasteiger partial charge on any atom is -0.492 e. The number of hydrazone groups is 1. The van der Waals surface area contributed by atoms with Crippen LogP contribution in [0.1, 0.15) is 79.0 Å². The standard InChI is InChI=1S/C50H61N7O6/c1-5-6-7-33-8-11-35(12-9-33)36-13-15-37(16-14-36)44(58)29-39(30-53)50(61)57(4)48-38-17-19-47(63-23-21-52)41(28-38)40-26-34(10-18-46(40)62-22-20-51)27-42(43-25-32(3)55-56-43)54-49(60)31(2)24-45(48)59/h8-19,26,28,31,39,42,48,55H,3,5-7,20-25,27,29-30,51-53H2,1-2,4H3,(H,54,60)/t31-,39+,42+,48+/m1/s1. The summed E-state index contributed by atoms with van der Waals surface area (Å²) < 4.78 is 12.3. The number of nitrogens with two attached hydrogens (primary N) is 3. The van der Waals surface area contributed by atoms with Crippen molar-refractivity contribution in [2.75, 3.05) is 39.9 Å². The number of unbranched alkanes of at least 4 members (excludes halogenated alkanes) is 1. The zero-order valence-corrected chi connectivity index (χ0v) is 36.7. The van der Waals surface area contributed by atoms with Crippen LogP contribution in [0.5, 0.6) is 11.5 Å². The second-order valence-corrected chi connectivity index (χ2v) is 16.5. The van der Waals surface area contributed by atoms with Gasteiger partial charge < -0.3 is 36.9 Å². The molecular weight excluding hydrogens is 795 g/mol. The van der Waals surface area contributed by atoms with Crippen LogP contribution < -0.4 is 37.4 Å². The Kier molecular flexibility index (Phi) is 16.0. The molecule has 4 aromatic carbocycles. The Bertz CT molecular complexity index is 2310. The number of likely N-dealkylation sites (N-methyl/N-ethyl adjacent to an activating group) is 1. The van der Waals surface area contributed by atoms with Gasteiger partial charge in [-0.2, -0.15) is 5.10 Å². The molecule has 2 heterocycles. The van der Waals surface area contributed by atoms with Crippen LogP contribution in [0, 0.1) is 11.8 Å². The fourth-order valence-corrected chi connectivity index (χ4v) is 8.14. The average Bonchev–Trinajstić information content (AvgIpc) is 3.74. The molecule has 0 aliphatic carbocycles. The van der Waals surface area contributed by atoms with Crippen LogP contribution in [-0.4, -0.2) is 79.9 Å². The number of Topliss-reactive ketones (excluding diaryl/α,β-unsaturated/α-hetero) is 2. The Balaban J connectivity index is 1.34. The normalized spacial score (nSPS) is 18.1. The summed E-state index contributed by atoms with van der Waals surface area (Å²) in [7, 11) is 1.54. The first kappa shape index (κ1) is 46.4. The molecule has 8 N–H and O–H groups in total. The summed E-state index contributed by atoms with van der Waals surface area (Å²) in [5.74, 6) is -2.13. The molecule has 63 heavy (non-hydrogen) atoms. The van der Waals surface area contributed by atoms with E-state index in [0.29, 0.717) is 58.0 Å². The first-order valence-electron chi connectivity index (χ1n) is 21.9. The maximum absolute atomic E-state index is 14.7. The number of ether oxygens (including phenoxy) is 2. The maximum Gasteiger partial charge on any atom is 0.228 e. The number of nitrogens with zero attached hydrogens (tertiary/aromatic N) is 2. The van der Waals surface area contributed by atoms with E-state index in [4.69, 9.17) is 26.7 Å². The van der Waals surface area contributed by atoms with E-state index < -0.39 is 29.8 Å². The number of hydrogen-bond donors (Lipinski definition) is 5. The predicted molar refractivity (Wildman–Crippen MR) is 247 cm³/mol. The number of fused-ring (bicyclic) bond motifs is 5. The smallest absolute Gasteiger partial charge is 0.228 e. The van der Waals surface area contributed by atoms with Crippen molar-refractivity contribution in [3.63, 3.8) is 0 Å². The zero-order chi connectivity index (χ0) is 45.0. The van der Waals surface area contributed by atoms with Crippen molar-refractivity contribution < 1.29 is 28.7 Å². The summed E-state index contributed by atoms with van der Waals surface area (Å²) in [6, 6.07) is 25.2. The van der Waals surface area contributed by atoms with Gasteiger partial charge in [-0.15, -0.1) is 0 Å². The summed E-state index contributed by atoms with van der Waals surface area (Å²) in [6.45, 7) is 8.72. The quantitative estimate of drug-likeness (QED) is 0.0798. The molecule has 0 fully saturated rings.